The Balaban J connectivity index is 1.89. The molecule has 0 fully saturated rings. The van der Waals surface area contributed by atoms with Gasteiger partial charge in [0.05, 0.1) is 36.3 Å². The Morgan fingerprint density at radius 3 is 2.56 bits per heavy atom. The molecule has 0 amide bonds. The zero-order valence-electron chi connectivity index (χ0n) is 22.5. The van der Waals surface area contributed by atoms with Crippen molar-refractivity contribution in [2.75, 3.05) is 20.3 Å². The maximum Gasteiger partial charge on any atom is 0.311 e. The van der Waals surface area contributed by atoms with E-state index in [9.17, 15) is 14.7 Å². The Morgan fingerprint density at radius 1 is 1.22 bits per heavy atom. The standard InChI is InChI=1S/C28H39N3O5/c1-18-14-21(16-30(6)26(18)33)25-29-23-15-20(9-11-24(23)31(25)12-13-35-7)8-10-22(19(2)32)27(34)36-17-28(3,4)5/h9,11,14-16,19,22,32H,8,10,12-13,17H2,1-7H3/t19-,22?/m1/s1. The smallest absolute Gasteiger partial charge is 0.311 e. The van der Waals surface area contributed by atoms with Gasteiger partial charge in [0.25, 0.3) is 5.56 Å². The molecule has 0 aliphatic carbocycles. The van der Waals surface area contributed by atoms with Crippen LogP contribution in [0.25, 0.3) is 22.4 Å². The number of nitrogens with zero attached hydrogens (tertiary/aromatic N) is 3. The monoisotopic (exact) mass is 497 g/mol. The zero-order chi connectivity index (χ0) is 26.6. The summed E-state index contributed by atoms with van der Waals surface area (Å²) in [7, 11) is 3.41. The highest BCUT2D eigenvalue weighted by Gasteiger charge is 2.26. The third kappa shape index (κ3) is 6.62. The summed E-state index contributed by atoms with van der Waals surface area (Å²) >= 11 is 0. The van der Waals surface area contributed by atoms with Gasteiger partial charge in [-0.3, -0.25) is 9.59 Å². The first-order valence-corrected chi connectivity index (χ1v) is 12.4. The van der Waals surface area contributed by atoms with Crippen molar-refractivity contribution in [2.24, 2.45) is 18.4 Å². The minimum atomic E-state index is -0.797. The third-order valence-corrected chi connectivity index (χ3v) is 6.23. The Labute approximate surface area is 212 Å². The highest BCUT2D eigenvalue weighted by Crippen LogP contribution is 2.27. The number of aliphatic hydroxyl groups excluding tert-OH is 1. The summed E-state index contributed by atoms with van der Waals surface area (Å²) in [4.78, 5) is 29.7. The largest absolute Gasteiger partial charge is 0.465 e. The van der Waals surface area contributed by atoms with Crippen LogP contribution in [0.15, 0.2) is 35.3 Å². The lowest BCUT2D eigenvalue weighted by Gasteiger charge is -2.23. The molecule has 1 aromatic carbocycles. The van der Waals surface area contributed by atoms with Gasteiger partial charge >= 0.3 is 5.97 Å². The molecule has 0 radical (unpaired) electrons. The molecule has 196 valence electrons. The van der Waals surface area contributed by atoms with E-state index in [1.165, 1.54) is 0 Å². The highest BCUT2D eigenvalue weighted by atomic mass is 16.5. The number of fused-ring (bicyclic) bond motifs is 1. The van der Waals surface area contributed by atoms with Crippen LogP contribution in [0.2, 0.25) is 0 Å². The highest BCUT2D eigenvalue weighted by molar-refractivity contribution is 5.81. The average Bonchev–Trinajstić information content (AvgIpc) is 3.16. The Hall–Kier alpha value is -2.97. The van der Waals surface area contributed by atoms with Crippen molar-refractivity contribution >= 4 is 17.0 Å². The SMILES string of the molecule is COCCn1c(-c2cc(C)c(=O)n(C)c2)nc2cc(CCC(C(=O)OCC(C)(C)C)[C@@H](C)O)ccc21. The molecular weight excluding hydrogens is 458 g/mol. The maximum absolute atomic E-state index is 12.6. The van der Waals surface area contributed by atoms with Gasteiger partial charge in [0.1, 0.15) is 5.82 Å². The molecule has 0 saturated carbocycles. The first kappa shape index (κ1) is 27.6. The van der Waals surface area contributed by atoms with Crippen LogP contribution in [0.4, 0.5) is 0 Å². The first-order valence-electron chi connectivity index (χ1n) is 12.4. The molecule has 0 spiro atoms. The Bertz CT molecular complexity index is 1240. The average molecular weight is 498 g/mol. The molecule has 0 aliphatic rings. The van der Waals surface area contributed by atoms with E-state index in [4.69, 9.17) is 14.5 Å². The van der Waals surface area contributed by atoms with Gasteiger partial charge in [-0.05, 0) is 55.9 Å². The molecule has 0 aliphatic heterocycles. The molecule has 2 atom stereocenters. The van der Waals surface area contributed by atoms with Crippen molar-refractivity contribution in [1.29, 1.82) is 0 Å². The lowest BCUT2D eigenvalue weighted by molar-refractivity contribution is -0.155. The van der Waals surface area contributed by atoms with Crippen LogP contribution < -0.4 is 5.56 Å². The fourth-order valence-corrected chi connectivity index (χ4v) is 4.23. The number of aryl methyl sites for hydroxylation is 3. The van der Waals surface area contributed by atoms with Crippen LogP contribution in [-0.2, 0) is 34.3 Å². The van der Waals surface area contributed by atoms with Gasteiger partial charge in [0.15, 0.2) is 0 Å². The number of hydrogen-bond donors (Lipinski definition) is 1. The quantitative estimate of drug-likeness (QED) is 0.427. The van der Waals surface area contributed by atoms with E-state index in [1.54, 1.807) is 38.8 Å². The lowest BCUT2D eigenvalue weighted by atomic mass is 9.94. The molecule has 36 heavy (non-hydrogen) atoms. The molecule has 0 saturated heterocycles. The minimum Gasteiger partial charge on any atom is -0.465 e. The number of carbonyl (C=O) groups is 1. The normalized spacial score (nSPS) is 13.7. The summed E-state index contributed by atoms with van der Waals surface area (Å²) < 4.78 is 14.5. The molecule has 8 heteroatoms. The van der Waals surface area contributed by atoms with E-state index in [1.807, 2.05) is 45.0 Å². The van der Waals surface area contributed by atoms with Crippen LogP contribution >= 0.6 is 0 Å². The molecule has 3 aromatic rings. The molecule has 1 N–H and O–H groups in total. The van der Waals surface area contributed by atoms with Gasteiger partial charge in [-0.2, -0.15) is 0 Å². The number of aromatic nitrogens is 3. The molecule has 1 unspecified atom stereocenters. The number of ether oxygens (including phenoxy) is 2. The fourth-order valence-electron chi connectivity index (χ4n) is 4.23. The molecule has 8 nitrogen and oxygen atoms in total. The van der Waals surface area contributed by atoms with Crippen molar-refractivity contribution in [3.63, 3.8) is 0 Å². The molecule has 3 rings (SSSR count). The number of aliphatic hydroxyl groups is 1. The number of pyridine rings is 1. The van der Waals surface area contributed by atoms with E-state index in [-0.39, 0.29) is 16.9 Å². The summed E-state index contributed by atoms with van der Waals surface area (Å²) in [5.74, 6) is -0.186. The second-order valence-corrected chi connectivity index (χ2v) is 10.8. The van der Waals surface area contributed by atoms with E-state index in [2.05, 4.69) is 4.57 Å². The Morgan fingerprint density at radius 2 is 1.94 bits per heavy atom. The number of hydrogen-bond acceptors (Lipinski definition) is 6. The Kier molecular flexibility index (Phi) is 8.74. The summed E-state index contributed by atoms with van der Waals surface area (Å²) in [6.07, 6.45) is 2.09. The summed E-state index contributed by atoms with van der Waals surface area (Å²) in [5.41, 5.74) is 4.17. The second kappa shape index (κ2) is 11.4. The molecule has 2 aromatic heterocycles. The van der Waals surface area contributed by atoms with E-state index >= 15 is 0 Å². The number of methoxy groups -OCH3 is 1. The number of esters is 1. The van der Waals surface area contributed by atoms with Crippen molar-refractivity contribution < 1.29 is 19.4 Å². The summed E-state index contributed by atoms with van der Waals surface area (Å²) in [6.45, 7) is 10.9. The first-order chi connectivity index (χ1) is 16.9. The van der Waals surface area contributed by atoms with Crippen LogP contribution in [0, 0.1) is 18.3 Å². The van der Waals surface area contributed by atoms with Gasteiger partial charge in [-0.25, -0.2) is 4.98 Å². The van der Waals surface area contributed by atoms with Crippen molar-refractivity contribution in [2.45, 2.75) is 60.1 Å². The predicted molar refractivity (Wildman–Crippen MR) is 141 cm³/mol. The second-order valence-electron chi connectivity index (χ2n) is 10.8. The van der Waals surface area contributed by atoms with Crippen molar-refractivity contribution in [3.8, 4) is 11.4 Å². The van der Waals surface area contributed by atoms with E-state index < -0.39 is 12.0 Å². The maximum atomic E-state index is 12.6. The van der Waals surface area contributed by atoms with Gasteiger partial charge in [-0.1, -0.05) is 26.8 Å². The fraction of sp³-hybridized carbons (Fsp3) is 0.536. The van der Waals surface area contributed by atoms with Crippen LogP contribution in [0.1, 0.15) is 45.2 Å². The number of carbonyl (C=O) groups excluding carboxylic acids is 1. The van der Waals surface area contributed by atoms with Crippen LogP contribution in [0.3, 0.4) is 0 Å². The van der Waals surface area contributed by atoms with Gasteiger partial charge in [-0.15, -0.1) is 0 Å². The van der Waals surface area contributed by atoms with Gasteiger partial charge in [0.2, 0.25) is 0 Å². The lowest BCUT2D eigenvalue weighted by Crippen LogP contribution is -2.30. The number of rotatable bonds is 10. The summed E-state index contributed by atoms with van der Waals surface area (Å²) in [6, 6.07) is 7.95. The van der Waals surface area contributed by atoms with E-state index in [0.29, 0.717) is 38.2 Å². The van der Waals surface area contributed by atoms with E-state index in [0.717, 1.165) is 28.0 Å². The van der Waals surface area contributed by atoms with Crippen molar-refractivity contribution in [1.82, 2.24) is 14.1 Å². The predicted octanol–water partition coefficient (Wildman–Crippen LogP) is 3.88. The van der Waals surface area contributed by atoms with Gasteiger partial charge < -0.3 is 23.7 Å². The van der Waals surface area contributed by atoms with Gasteiger partial charge in [0, 0.05) is 38.0 Å². The summed E-state index contributed by atoms with van der Waals surface area (Å²) in [5, 5.41) is 10.2. The molecule has 2 heterocycles. The zero-order valence-corrected chi connectivity index (χ0v) is 22.5. The van der Waals surface area contributed by atoms with Crippen molar-refractivity contribution in [3.05, 3.63) is 51.9 Å². The topological polar surface area (TPSA) is 95.6 Å². The number of imidazole rings is 1. The molecular formula is C28H39N3O5. The molecule has 0 bridgehead atoms. The van der Waals surface area contributed by atoms with Crippen LogP contribution in [0.5, 0.6) is 0 Å². The number of benzene rings is 1. The van der Waals surface area contributed by atoms with Crippen LogP contribution in [-0.4, -0.2) is 51.6 Å². The third-order valence-electron chi connectivity index (χ3n) is 6.23. The minimum absolute atomic E-state index is 0.0331.